The number of nitriles is 1. The van der Waals surface area contributed by atoms with Crippen molar-refractivity contribution in [2.24, 2.45) is 0 Å². The molecule has 102 valence electrons. The largest absolute Gasteiger partial charge is 0.234 e. The van der Waals surface area contributed by atoms with Crippen LogP contribution in [0.25, 0.3) is 22.2 Å². The molecule has 0 bridgehead atoms. The Labute approximate surface area is 135 Å². The molecule has 0 N–H and O–H groups in total. The van der Waals surface area contributed by atoms with Crippen molar-refractivity contribution in [3.8, 4) is 16.6 Å². The normalized spacial score (nSPS) is 11.3. The van der Waals surface area contributed by atoms with E-state index in [1.807, 2.05) is 41.1 Å². The van der Waals surface area contributed by atoms with Crippen molar-refractivity contribution in [2.75, 3.05) is 0 Å². The minimum atomic E-state index is 0.560. The first-order valence-electron chi connectivity index (χ1n) is 6.13. The van der Waals surface area contributed by atoms with Gasteiger partial charge >= 0.3 is 0 Å². The number of benzene rings is 1. The second-order valence-corrected chi connectivity index (χ2v) is 6.48. The predicted molar refractivity (Wildman–Crippen MR) is 90.4 cm³/mol. The average molecular weight is 329 g/mol. The molecule has 0 aliphatic carbocycles. The fraction of sp³-hybridized carbons (Fsp3) is 0. The lowest BCUT2D eigenvalue weighted by Gasteiger charge is -1.96. The minimum Gasteiger partial charge on any atom is -0.234 e. The number of thiazole rings is 1. The van der Waals surface area contributed by atoms with Gasteiger partial charge in [0.05, 0.1) is 16.1 Å². The Hall–Kier alpha value is -1.93. The molecular weight excluding hydrogens is 320 g/mol. The summed E-state index contributed by atoms with van der Waals surface area (Å²) >= 11 is 8.99. The Kier molecular flexibility index (Phi) is 4.16. The van der Waals surface area contributed by atoms with E-state index in [4.69, 9.17) is 11.6 Å². The van der Waals surface area contributed by atoms with Crippen molar-refractivity contribution in [3.05, 3.63) is 62.8 Å². The van der Waals surface area contributed by atoms with Gasteiger partial charge in [-0.3, -0.25) is 0 Å². The summed E-state index contributed by atoms with van der Waals surface area (Å²) in [6.45, 7) is 0. The molecule has 5 heteroatoms. The molecule has 0 unspecified atom stereocenters. The van der Waals surface area contributed by atoms with E-state index < -0.39 is 0 Å². The molecule has 2 heterocycles. The highest BCUT2D eigenvalue weighted by Crippen LogP contribution is 2.29. The Balaban J connectivity index is 1.94. The van der Waals surface area contributed by atoms with Crippen LogP contribution in [0.3, 0.4) is 0 Å². The Morgan fingerprint density at radius 1 is 1.19 bits per heavy atom. The highest BCUT2D eigenvalue weighted by Gasteiger charge is 2.09. The Morgan fingerprint density at radius 3 is 2.67 bits per heavy atom. The number of aromatic nitrogens is 1. The molecule has 0 saturated heterocycles. The second kappa shape index (κ2) is 6.23. The highest BCUT2D eigenvalue weighted by molar-refractivity contribution is 7.14. The Bertz CT molecular complexity index is 809. The summed E-state index contributed by atoms with van der Waals surface area (Å²) in [6.07, 6.45) is 1.83. The molecule has 1 aromatic carbocycles. The standard InChI is InChI=1S/C16H9ClN2S2/c17-13-5-3-11(4-6-13)8-12(9-18)16-19-14(10-21-16)15-2-1-7-20-15/h1-8,10H/b12-8-. The molecule has 0 amide bonds. The number of hydrogen-bond acceptors (Lipinski definition) is 4. The predicted octanol–water partition coefficient (Wildman–Crippen LogP) is 5.59. The van der Waals surface area contributed by atoms with Gasteiger partial charge < -0.3 is 0 Å². The summed E-state index contributed by atoms with van der Waals surface area (Å²) in [5.41, 5.74) is 2.41. The zero-order valence-corrected chi connectivity index (χ0v) is 13.2. The maximum absolute atomic E-state index is 9.36. The van der Waals surface area contributed by atoms with Crippen molar-refractivity contribution in [2.45, 2.75) is 0 Å². The number of nitrogens with zero attached hydrogens (tertiary/aromatic N) is 2. The van der Waals surface area contributed by atoms with E-state index in [0.29, 0.717) is 10.6 Å². The SMILES string of the molecule is N#C/C(=C/c1ccc(Cl)cc1)c1nc(-c2cccs2)cs1. The molecule has 0 saturated carbocycles. The number of thiophene rings is 1. The molecule has 0 aliphatic heterocycles. The van der Waals surface area contributed by atoms with Gasteiger partial charge in [0.25, 0.3) is 0 Å². The molecule has 2 nitrogen and oxygen atoms in total. The van der Waals surface area contributed by atoms with Crippen LogP contribution in [-0.2, 0) is 0 Å². The van der Waals surface area contributed by atoms with Crippen LogP contribution in [0.15, 0.2) is 47.2 Å². The second-order valence-electron chi connectivity index (χ2n) is 4.24. The van der Waals surface area contributed by atoms with Gasteiger partial charge in [-0.2, -0.15) is 5.26 Å². The zero-order valence-electron chi connectivity index (χ0n) is 10.8. The van der Waals surface area contributed by atoms with E-state index in [2.05, 4.69) is 11.1 Å². The fourth-order valence-corrected chi connectivity index (χ4v) is 3.47. The van der Waals surface area contributed by atoms with Gasteiger partial charge in [-0.25, -0.2) is 4.98 Å². The Morgan fingerprint density at radius 2 is 2.00 bits per heavy atom. The molecule has 0 fully saturated rings. The van der Waals surface area contributed by atoms with E-state index >= 15 is 0 Å². The highest BCUT2D eigenvalue weighted by atomic mass is 35.5. The third-order valence-corrected chi connectivity index (χ3v) is 4.83. The summed E-state index contributed by atoms with van der Waals surface area (Å²) in [7, 11) is 0. The summed E-state index contributed by atoms with van der Waals surface area (Å²) in [6, 6.07) is 13.6. The van der Waals surface area contributed by atoms with Gasteiger partial charge in [0.2, 0.25) is 0 Å². The van der Waals surface area contributed by atoms with Crippen LogP contribution in [0.5, 0.6) is 0 Å². The quantitative estimate of drug-likeness (QED) is 0.588. The van der Waals surface area contributed by atoms with Crippen LogP contribution >= 0.6 is 34.3 Å². The molecule has 0 atom stereocenters. The third-order valence-electron chi connectivity index (χ3n) is 2.81. The minimum absolute atomic E-state index is 0.560. The molecule has 21 heavy (non-hydrogen) atoms. The first kappa shape index (κ1) is 14.0. The summed E-state index contributed by atoms with van der Waals surface area (Å²) in [5, 5.41) is 14.8. The zero-order chi connectivity index (χ0) is 14.7. The molecule has 3 aromatic rings. The van der Waals surface area contributed by atoms with E-state index in [1.165, 1.54) is 11.3 Å². The maximum Gasteiger partial charge on any atom is 0.134 e. The lowest BCUT2D eigenvalue weighted by atomic mass is 10.1. The fourth-order valence-electron chi connectivity index (χ4n) is 1.80. The van der Waals surface area contributed by atoms with E-state index in [9.17, 15) is 5.26 Å². The van der Waals surface area contributed by atoms with Crippen molar-refractivity contribution in [1.82, 2.24) is 4.98 Å². The van der Waals surface area contributed by atoms with E-state index in [0.717, 1.165) is 21.1 Å². The van der Waals surface area contributed by atoms with Crippen molar-refractivity contribution >= 4 is 45.9 Å². The first-order valence-corrected chi connectivity index (χ1v) is 8.27. The van der Waals surface area contributed by atoms with E-state index in [-0.39, 0.29) is 0 Å². The van der Waals surface area contributed by atoms with Crippen LogP contribution in [0.1, 0.15) is 10.6 Å². The molecule has 0 spiro atoms. The number of rotatable bonds is 3. The first-order chi connectivity index (χ1) is 10.3. The van der Waals surface area contributed by atoms with Crippen LogP contribution in [0.2, 0.25) is 5.02 Å². The molecule has 2 aromatic heterocycles. The average Bonchev–Trinajstić information content (AvgIpc) is 3.17. The summed E-state index contributed by atoms with van der Waals surface area (Å²) in [4.78, 5) is 5.66. The molecular formula is C16H9ClN2S2. The summed E-state index contributed by atoms with van der Waals surface area (Å²) < 4.78 is 0. The lowest BCUT2D eigenvalue weighted by Crippen LogP contribution is -1.81. The molecule has 0 aliphatic rings. The van der Waals surface area contributed by atoms with Crippen molar-refractivity contribution in [3.63, 3.8) is 0 Å². The van der Waals surface area contributed by atoms with Crippen LogP contribution in [-0.4, -0.2) is 4.98 Å². The number of allylic oxidation sites excluding steroid dienone is 1. The number of hydrogen-bond donors (Lipinski definition) is 0. The van der Waals surface area contributed by atoms with Crippen LogP contribution < -0.4 is 0 Å². The smallest absolute Gasteiger partial charge is 0.134 e. The third kappa shape index (κ3) is 3.22. The lowest BCUT2D eigenvalue weighted by molar-refractivity contribution is 1.38. The van der Waals surface area contributed by atoms with Crippen molar-refractivity contribution < 1.29 is 0 Å². The topological polar surface area (TPSA) is 36.7 Å². The monoisotopic (exact) mass is 328 g/mol. The molecule has 0 radical (unpaired) electrons. The van der Waals surface area contributed by atoms with Gasteiger partial charge in [-0.15, -0.1) is 22.7 Å². The van der Waals surface area contributed by atoms with Crippen molar-refractivity contribution in [1.29, 1.82) is 5.26 Å². The maximum atomic E-state index is 9.36. The number of halogens is 1. The van der Waals surface area contributed by atoms with Gasteiger partial charge in [-0.05, 0) is 35.2 Å². The van der Waals surface area contributed by atoms with Gasteiger partial charge in [0.15, 0.2) is 0 Å². The van der Waals surface area contributed by atoms with Crippen LogP contribution in [0, 0.1) is 11.3 Å². The van der Waals surface area contributed by atoms with Crippen LogP contribution in [0.4, 0.5) is 0 Å². The van der Waals surface area contributed by atoms with Gasteiger partial charge in [0.1, 0.15) is 11.1 Å². The van der Waals surface area contributed by atoms with Gasteiger partial charge in [0, 0.05) is 10.4 Å². The van der Waals surface area contributed by atoms with Gasteiger partial charge in [-0.1, -0.05) is 29.8 Å². The molecule has 3 rings (SSSR count). The summed E-state index contributed by atoms with van der Waals surface area (Å²) in [5.74, 6) is 0. The van der Waals surface area contributed by atoms with E-state index in [1.54, 1.807) is 23.5 Å².